The van der Waals surface area contributed by atoms with Gasteiger partial charge < -0.3 is 5.32 Å². The molecule has 27 heavy (non-hydrogen) atoms. The van der Waals surface area contributed by atoms with Crippen LogP contribution in [0.25, 0.3) is 11.4 Å². The Bertz CT molecular complexity index is 919. The fraction of sp³-hybridized carbons (Fsp3) is 0.250. The minimum absolute atomic E-state index is 0.0981. The molecule has 1 heterocycles. The summed E-state index contributed by atoms with van der Waals surface area (Å²) in [6, 6.07) is 16.7. The topological polar surface area (TPSA) is 89.8 Å². The van der Waals surface area contributed by atoms with Crippen molar-refractivity contribution < 1.29 is 9.59 Å². The van der Waals surface area contributed by atoms with Gasteiger partial charge in [0.25, 0.3) is 0 Å². The summed E-state index contributed by atoms with van der Waals surface area (Å²) in [6.45, 7) is 3.37. The van der Waals surface area contributed by atoms with Gasteiger partial charge in [-0.1, -0.05) is 60.2 Å². The second-order valence-electron chi connectivity index (χ2n) is 6.43. The molecule has 1 aromatic heterocycles. The number of benzene rings is 2. The first-order chi connectivity index (χ1) is 13.0. The van der Waals surface area contributed by atoms with Crippen molar-refractivity contribution in [2.24, 2.45) is 0 Å². The highest BCUT2D eigenvalue weighted by Crippen LogP contribution is 2.13. The standard InChI is InChI=1S/C20H21N5O2/c1-14-8-10-17(11-9-14)20-22-24-25(23-20)13-19(27)21-18(15(2)26)12-16-6-4-3-5-7-16/h3-11,18H,12-13H2,1-2H3,(H,21,27)/t18-/m1/s1. The number of Topliss-reactive ketones (excluding diaryl/α,β-unsaturated/α-hetero) is 1. The Morgan fingerprint density at radius 3 is 2.44 bits per heavy atom. The molecule has 0 saturated heterocycles. The molecule has 1 amide bonds. The molecule has 0 radical (unpaired) electrons. The van der Waals surface area contributed by atoms with Crippen LogP contribution in [0.3, 0.4) is 0 Å². The number of amides is 1. The average molecular weight is 363 g/mol. The van der Waals surface area contributed by atoms with Crippen molar-refractivity contribution in [1.82, 2.24) is 25.5 Å². The fourth-order valence-electron chi connectivity index (χ4n) is 2.64. The Labute approximate surface area is 157 Å². The number of carbonyl (C=O) groups excluding carboxylic acids is 2. The predicted octanol–water partition coefficient (Wildman–Crippen LogP) is 1.97. The number of hydrogen-bond donors (Lipinski definition) is 1. The zero-order chi connectivity index (χ0) is 19.2. The molecule has 0 fully saturated rings. The van der Waals surface area contributed by atoms with Gasteiger partial charge in [-0.25, -0.2) is 0 Å². The molecular weight excluding hydrogens is 342 g/mol. The Balaban J connectivity index is 1.62. The molecule has 0 saturated carbocycles. The highest BCUT2D eigenvalue weighted by Gasteiger charge is 2.18. The van der Waals surface area contributed by atoms with Gasteiger partial charge in [0, 0.05) is 5.56 Å². The van der Waals surface area contributed by atoms with E-state index in [2.05, 4.69) is 20.7 Å². The molecule has 7 heteroatoms. The summed E-state index contributed by atoms with van der Waals surface area (Å²) < 4.78 is 0. The van der Waals surface area contributed by atoms with E-state index in [9.17, 15) is 9.59 Å². The molecule has 0 spiro atoms. The summed E-state index contributed by atoms with van der Waals surface area (Å²) in [5.74, 6) is 0.0216. The first kappa shape index (κ1) is 18.4. The van der Waals surface area contributed by atoms with Crippen molar-refractivity contribution in [2.45, 2.75) is 32.9 Å². The van der Waals surface area contributed by atoms with Crippen LogP contribution in [0.15, 0.2) is 54.6 Å². The number of nitrogens with zero attached hydrogens (tertiary/aromatic N) is 4. The third kappa shape index (κ3) is 5.07. The van der Waals surface area contributed by atoms with Crippen molar-refractivity contribution in [3.05, 3.63) is 65.7 Å². The normalized spacial score (nSPS) is 11.8. The van der Waals surface area contributed by atoms with Gasteiger partial charge in [-0.15, -0.1) is 10.2 Å². The molecule has 0 aliphatic carbocycles. The summed E-state index contributed by atoms with van der Waals surface area (Å²) in [4.78, 5) is 25.4. The largest absolute Gasteiger partial charge is 0.344 e. The molecule has 1 N–H and O–H groups in total. The number of rotatable bonds is 7. The summed E-state index contributed by atoms with van der Waals surface area (Å²) in [6.07, 6.45) is 0.446. The number of aromatic nitrogens is 4. The summed E-state index contributed by atoms with van der Waals surface area (Å²) in [7, 11) is 0. The summed E-state index contributed by atoms with van der Waals surface area (Å²) in [5.41, 5.74) is 2.95. The van der Waals surface area contributed by atoms with Crippen molar-refractivity contribution in [1.29, 1.82) is 0 Å². The zero-order valence-corrected chi connectivity index (χ0v) is 15.3. The average Bonchev–Trinajstić information content (AvgIpc) is 3.11. The molecule has 0 aliphatic rings. The molecule has 1 atom stereocenters. The van der Waals surface area contributed by atoms with Gasteiger partial charge >= 0.3 is 0 Å². The zero-order valence-electron chi connectivity index (χ0n) is 15.3. The van der Waals surface area contributed by atoms with Gasteiger partial charge in [0.05, 0.1) is 6.04 Å². The number of ketones is 1. The van der Waals surface area contributed by atoms with Gasteiger partial charge in [0.15, 0.2) is 5.78 Å². The third-order valence-corrected chi connectivity index (χ3v) is 4.16. The quantitative estimate of drug-likeness (QED) is 0.693. The van der Waals surface area contributed by atoms with E-state index in [-0.39, 0.29) is 18.2 Å². The van der Waals surface area contributed by atoms with Crippen LogP contribution >= 0.6 is 0 Å². The molecule has 138 valence electrons. The van der Waals surface area contributed by atoms with Crippen LogP contribution in [-0.2, 0) is 22.6 Å². The van der Waals surface area contributed by atoms with Crippen molar-refractivity contribution in [3.8, 4) is 11.4 Å². The number of tetrazole rings is 1. The molecule has 7 nitrogen and oxygen atoms in total. The van der Waals surface area contributed by atoms with Gasteiger partial charge in [-0.05, 0) is 31.0 Å². The number of hydrogen-bond acceptors (Lipinski definition) is 5. The van der Waals surface area contributed by atoms with Gasteiger partial charge in [-0.2, -0.15) is 4.80 Å². The highest BCUT2D eigenvalue weighted by molar-refractivity contribution is 5.87. The van der Waals surface area contributed by atoms with Crippen molar-refractivity contribution in [3.63, 3.8) is 0 Å². The molecular formula is C20H21N5O2. The summed E-state index contributed by atoms with van der Waals surface area (Å²) in [5, 5.41) is 14.9. The first-order valence-corrected chi connectivity index (χ1v) is 8.70. The monoisotopic (exact) mass is 363 g/mol. The second kappa shape index (κ2) is 8.35. The molecule has 0 aliphatic heterocycles. The Kier molecular flexibility index (Phi) is 5.71. The molecule has 2 aromatic carbocycles. The minimum Gasteiger partial charge on any atom is -0.344 e. The van der Waals surface area contributed by atoms with Crippen LogP contribution in [-0.4, -0.2) is 37.9 Å². The second-order valence-corrected chi connectivity index (χ2v) is 6.43. The lowest BCUT2D eigenvalue weighted by atomic mass is 10.0. The van der Waals surface area contributed by atoms with Crippen molar-refractivity contribution >= 4 is 11.7 Å². The van der Waals surface area contributed by atoms with E-state index in [0.29, 0.717) is 12.2 Å². The van der Waals surface area contributed by atoms with Crippen LogP contribution in [0, 0.1) is 6.92 Å². The number of aryl methyl sites for hydroxylation is 1. The van der Waals surface area contributed by atoms with E-state index >= 15 is 0 Å². The lowest BCUT2D eigenvalue weighted by Gasteiger charge is -2.15. The van der Waals surface area contributed by atoms with Gasteiger partial charge in [-0.3, -0.25) is 9.59 Å². The predicted molar refractivity (Wildman–Crippen MR) is 101 cm³/mol. The maximum absolute atomic E-state index is 12.3. The highest BCUT2D eigenvalue weighted by atomic mass is 16.2. The maximum atomic E-state index is 12.3. The summed E-state index contributed by atoms with van der Waals surface area (Å²) >= 11 is 0. The Hall–Kier alpha value is -3.35. The number of nitrogens with one attached hydrogen (secondary N) is 1. The van der Waals surface area contributed by atoms with E-state index < -0.39 is 6.04 Å². The third-order valence-electron chi connectivity index (χ3n) is 4.16. The SMILES string of the molecule is CC(=O)[C@@H](Cc1ccccc1)NC(=O)Cn1nnc(-c2ccc(C)cc2)n1. The van der Waals surface area contributed by atoms with Gasteiger partial charge in [0.1, 0.15) is 6.54 Å². The smallest absolute Gasteiger partial charge is 0.244 e. The lowest BCUT2D eigenvalue weighted by molar-refractivity contribution is -0.127. The van der Waals surface area contributed by atoms with Crippen LogP contribution in [0.5, 0.6) is 0 Å². The van der Waals surface area contributed by atoms with E-state index in [1.807, 2.05) is 61.5 Å². The van der Waals surface area contributed by atoms with Crippen LogP contribution in [0.4, 0.5) is 0 Å². The maximum Gasteiger partial charge on any atom is 0.244 e. The van der Waals surface area contributed by atoms with Crippen LogP contribution in [0.1, 0.15) is 18.1 Å². The first-order valence-electron chi connectivity index (χ1n) is 8.70. The number of carbonyl (C=O) groups is 2. The molecule has 3 rings (SSSR count). The van der Waals surface area contributed by atoms with E-state index in [1.54, 1.807) is 0 Å². The van der Waals surface area contributed by atoms with Gasteiger partial charge in [0.2, 0.25) is 11.7 Å². The molecule has 3 aromatic rings. The van der Waals surface area contributed by atoms with E-state index in [0.717, 1.165) is 16.7 Å². The minimum atomic E-state index is -0.583. The van der Waals surface area contributed by atoms with E-state index in [1.165, 1.54) is 11.7 Å². The van der Waals surface area contributed by atoms with Crippen LogP contribution < -0.4 is 5.32 Å². The Morgan fingerprint density at radius 2 is 1.78 bits per heavy atom. The van der Waals surface area contributed by atoms with Crippen molar-refractivity contribution in [2.75, 3.05) is 0 Å². The lowest BCUT2D eigenvalue weighted by Crippen LogP contribution is -2.43. The fourth-order valence-corrected chi connectivity index (χ4v) is 2.64. The molecule has 0 unspecified atom stereocenters. The van der Waals surface area contributed by atoms with E-state index in [4.69, 9.17) is 0 Å². The Morgan fingerprint density at radius 1 is 1.07 bits per heavy atom. The molecule has 0 bridgehead atoms. The van der Waals surface area contributed by atoms with Crippen LogP contribution in [0.2, 0.25) is 0 Å².